The van der Waals surface area contributed by atoms with Crippen LogP contribution in [0.25, 0.3) is 0 Å². The van der Waals surface area contributed by atoms with E-state index in [0.29, 0.717) is 26.2 Å². The average molecular weight is 534 g/mol. The lowest BCUT2D eigenvalue weighted by Crippen LogP contribution is -2.57. The van der Waals surface area contributed by atoms with Gasteiger partial charge in [-0.2, -0.15) is 13.2 Å². The molecular formula is C28H38F3N5O2. The number of alkyl halides is 3. The van der Waals surface area contributed by atoms with E-state index in [4.69, 9.17) is 4.74 Å². The molecule has 0 saturated carbocycles. The summed E-state index contributed by atoms with van der Waals surface area (Å²) in [5, 5.41) is 0. The van der Waals surface area contributed by atoms with Gasteiger partial charge in [0.25, 0.3) is 5.91 Å². The second-order valence-electron chi connectivity index (χ2n) is 10.4. The number of piperazine rings is 1. The second-order valence-corrected chi connectivity index (χ2v) is 10.4. The summed E-state index contributed by atoms with van der Waals surface area (Å²) in [4.78, 5) is 26.2. The Balaban J connectivity index is 1.40. The number of aromatic nitrogens is 2. The van der Waals surface area contributed by atoms with Crippen LogP contribution in [0, 0.1) is 13.8 Å². The van der Waals surface area contributed by atoms with E-state index in [9.17, 15) is 18.0 Å². The standard InChI is InChI=1S/C28H38F3N5O2/c1-5-34(4)12-7-15-38-25-11-10-23(19(2)20(25)3)24-9-6-8-22-18-35(13-14-36(22)24)26(37)21-16-32-27(33-17-21)28(29,30)31/h10-11,16-17,22,24H,5-9,12-15,18H2,1-4H3/t22-,24+/m0/s1. The zero-order chi connectivity index (χ0) is 27.4. The van der Waals surface area contributed by atoms with Crippen molar-refractivity contribution in [2.75, 3.05) is 46.4 Å². The van der Waals surface area contributed by atoms with Gasteiger partial charge in [-0.25, -0.2) is 9.97 Å². The van der Waals surface area contributed by atoms with Gasteiger partial charge in [-0.3, -0.25) is 9.69 Å². The van der Waals surface area contributed by atoms with Gasteiger partial charge in [-0.1, -0.05) is 13.0 Å². The summed E-state index contributed by atoms with van der Waals surface area (Å²) < 4.78 is 44.5. The van der Waals surface area contributed by atoms with Crippen LogP contribution in [-0.2, 0) is 6.18 Å². The summed E-state index contributed by atoms with van der Waals surface area (Å²) in [5.74, 6) is -0.619. The number of fused-ring (bicyclic) bond motifs is 1. The molecule has 1 amide bonds. The van der Waals surface area contributed by atoms with E-state index in [1.54, 1.807) is 4.90 Å². The van der Waals surface area contributed by atoms with Crippen molar-refractivity contribution in [3.63, 3.8) is 0 Å². The third kappa shape index (κ3) is 6.29. The third-order valence-corrected chi connectivity index (χ3v) is 8.00. The highest BCUT2D eigenvalue weighted by molar-refractivity contribution is 5.93. The van der Waals surface area contributed by atoms with Gasteiger partial charge in [-0.15, -0.1) is 0 Å². The molecule has 2 aromatic rings. The maximum absolute atomic E-state index is 13.0. The van der Waals surface area contributed by atoms with Crippen LogP contribution in [0.5, 0.6) is 5.75 Å². The first-order valence-electron chi connectivity index (χ1n) is 13.5. The monoisotopic (exact) mass is 533 g/mol. The van der Waals surface area contributed by atoms with Gasteiger partial charge in [0.2, 0.25) is 5.82 Å². The van der Waals surface area contributed by atoms with Gasteiger partial charge >= 0.3 is 6.18 Å². The first kappa shape index (κ1) is 28.3. The van der Waals surface area contributed by atoms with Gasteiger partial charge in [0, 0.05) is 50.7 Å². The van der Waals surface area contributed by atoms with Crippen molar-refractivity contribution in [2.45, 2.75) is 64.7 Å². The highest BCUT2D eigenvalue weighted by Gasteiger charge is 2.38. The fraction of sp³-hybridized carbons (Fsp3) is 0.607. The number of hydrogen-bond donors (Lipinski definition) is 0. The summed E-state index contributed by atoms with van der Waals surface area (Å²) in [6, 6.07) is 4.76. The fourth-order valence-corrected chi connectivity index (χ4v) is 5.54. The summed E-state index contributed by atoms with van der Waals surface area (Å²) in [7, 11) is 2.11. The summed E-state index contributed by atoms with van der Waals surface area (Å²) in [6.07, 6.45) is 1.40. The summed E-state index contributed by atoms with van der Waals surface area (Å²) >= 11 is 0. The molecule has 0 aliphatic carbocycles. The minimum atomic E-state index is -4.63. The maximum atomic E-state index is 13.0. The lowest BCUT2D eigenvalue weighted by atomic mass is 9.86. The molecule has 0 unspecified atom stereocenters. The first-order chi connectivity index (χ1) is 18.1. The number of halogens is 3. The quantitative estimate of drug-likeness (QED) is 0.451. The van der Waals surface area contributed by atoms with E-state index in [1.807, 2.05) is 0 Å². The number of carbonyl (C=O) groups is 1. The van der Waals surface area contributed by atoms with E-state index in [-0.39, 0.29) is 23.6 Å². The second kappa shape index (κ2) is 12.0. The molecule has 0 spiro atoms. The Morgan fingerprint density at radius 2 is 1.87 bits per heavy atom. The highest BCUT2D eigenvalue weighted by Crippen LogP contribution is 2.39. The molecule has 208 valence electrons. The van der Waals surface area contributed by atoms with Crippen LogP contribution in [0.15, 0.2) is 24.5 Å². The van der Waals surface area contributed by atoms with Crippen molar-refractivity contribution in [3.05, 3.63) is 52.6 Å². The first-order valence-corrected chi connectivity index (χ1v) is 13.5. The van der Waals surface area contributed by atoms with E-state index < -0.39 is 12.0 Å². The molecule has 1 aromatic heterocycles. The largest absolute Gasteiger partial charge is 0.493 e. The lowest BCUT2D eigenvalue weighted by Gasteiger charge is -2.48. The van der Waals surface area contributed by atoms with Gasteiger partial charge in [0.05, 0.1) is 12.2 Å². The van der Waals surface area contributed by atoms with E-state index in [2.05, 4.69) is 59.7 Å². The van der Waals surface area contributed by atoms with Crippen LogP contribution < -0.4 is 4.74 Å². The molecule has 2 saturated heterocycles. The molecule has 10 heteroatoms. The van der Waals surface area contributed by atoms with Crippen LogP contribution in [0.1, 0.15) is 71.5 Å². The number of piperidine rings is 1. The summed E-state index contributed by atoms with van der Waals surface area (Å²) in [5.41, 5.74) is 3.81. The SMILES string of the molecule is CCN(C)CCCOc1ccc([C@H]2CCC[C@H]3CN(C(=O)c4cnc(C(F)(F)F)nc4)CCN32)c(C)c1C. The van der Waals surface area contributed by atoms with Gasteiger partial charge in [0.1, 0.15) is 5.75 Å². The minimum Gasteiger partial charge on any atom is -0.493 e. The number of carbonyl (C=O) groups excluding carboxylic acids is 1. The average Bonchev–Trinajstić information content (AvgIpc) is 2.91. The molecule has 2 aliphatic rings. The normalized spacial score (nSPS) is 20.5. The van der Waals surface area contributed by atoms with E-state index in [1.165, 1.54) is 16.7 Å². The van der Waals surface area contributed by atoms with E-state index in [0.717, 1.165) is 56.9 Å². The molecule has 3 heterocycles. The van der Waals surface area contributed by atoms with Crippen molar-refractivity contribution < 1.29 is 22.7 Å². The Kier molecular flexibility index (Phi) is 8.92. The zero-order valence-corrected chi connectivity index (χ0v) is 22.7. The van der Waals surface area contributed by atoms with Crippen LogP contribution >= 0.6 is 0 Å². The molecule has 4 rings (SSSR count). The Bertz CT molecular complexity index is 1110. The van der Waals surface area contributed by atoms with Crippen LogP contribution in [0.3, 0.4) is 0 Å². The van der Waals surface area contributed by atoms with Crippen LogP contribution in [-0.4, -0.2) is 83.0 Å². The number of rotatable bonds is 8. The third-order valence-electron chi connectivity index (χ3n) is 8.00. The molecule has 2 aliphatic heterocycles. The molecule has 38 heavy (non-hydrogen) atoms. The Morgan fingerprint density at radius 3 is 2.55 bits per heavy atom. The van der Waals surface area contributed by atoms with Gasteiger partial charge in [-0.05, 0) is 75.9 Å². The number of nitrogens with zero attached hydrogens (tertiary/aromatic N) is 5. The lowest BCUT2D eigenvalue weighted by molar-refractivity contribution is -0.145. The molecule has 0 radical (unpaired) electrons. The predicted molar refractivity (Wildman–Crippen MR) is 139 cm³/mol. The molecule has 7 nitrogen and oxygen atoms in total. The fourth-order valence-electron chi connectivity index (χ4n) is 5.54. The number of ether oxygens (including phenoxy) is 1. The van der Waals surface area contributed by atoms with Gasteiger partial charge in [0.15, 0.2) is 0 Å². The molecule has 2 fully saturated rings. The minimum absolute atomic E-state index is 0.0854. The molecule has 0 N–H and O–H groups in total. The Morgan fingerprint density at radius 1 is 1.13 bits per heavy atom. The number of benzene rings is 1. The molecular weight excluding hydrogens is 495 g/mol. The van der Waals surface area contributed by atoms with Crippen molar-refractivity contribution in [1.82, 2.24) is 24.7 Å². The highest BCUT2D eigenvalue weighted by atomic mass is 19.4. The Hall–Kier alpha value is -2.72. The molecule has 1 aromatic carbocycles. The number of hydrogen-bond acceptors (Lipinski definition) is 6. The molecule has 2 atom stereocenters. The van der Waals surface area contributed by atoms with Crippen molar-refractivity contribution in [3.8, 4) is 5.75 Å². The number of amides is 1. The summed E-state index contributed by atoms with van der Waals surface area (Å²) in [6.45, 7) is 10.9. The maximum Gasteiger partial charge on any atom is 0.451 e. The Labute approximate surface area is 223 Å². The van der Waals surface area contributed by atoms with Gasteiger partial charge < -0.3 is 14.5 Å². The smallest absolute Gasteiger partial charge is 0.451 e. The predicted octanol–water partition coefficient (Wildman–Crippen LogP) is 4.88. The topological polar surface area (TPSA) is 61.8 Å². The van der Waals surface area contributed by atoms with Crippen molar-refractivity contribution in [2.24, 2.45) is 0 Å². The molecule has 0 bridgehead atoms. The van der Waals surface area contributed by atoms with E-state index >= 15 is 0 Å². The van der Waals surface area contributed by atoms with Crippen LogP contribution in [0.2, 0.25) is 0 Å². The zero-order valence-electron chi connectivity index (χ0n) is 22.7. The van der Waals surface area contributed by atoms with Crippen LogP contribution in [0.4, 0.5) is 13.2 Å². The van der Waals surface area contributed by atoms with Crippen molar-refractivity contribution in [1.29, 1.82) is 0 Å². The van der Waals surface area contributed by atoms with Crippen molar-refractivity contribution >= 4 is 5.91 Å².